The molecule has 1 saturated carbocycles. The van der Waals surface area contributed by atoms with E-state index in [9.17, 15) is 14.7 Å². The Bertz CT molecular complexity index is 411. The van der Waals surface area contributed by atoms with Gasteiger partial charge in [-0.15, -0.1) is 6.42 Å². The monoisotopic (exact) mass is 264 g/mol. The zero-order valence-electron chi connectivity index (χ0n) is 11.2. The molecule has 104 valence electrons. The van der Waals surface area contributed by atoms with Crippen LogP contribution in [0.4, 0.5) is 4.79 Å². The standard InChI is InChI=1S/C14H20N2O3/c1-3-7-15(9-11-4-5-11)14(19)16-8-6-10(2)12(16)13(17)18/h1,10-12H,4-9H2,2H3,(H,17,18). The number of carbonyl (C=O) groups is 2. The molecule has 5 nitrogen and oxygen atoms in total. The molecule has 1 N–H and O–H groups in total. The first kappa shape index (κ1) is 13.7. The molecular formula is C14H20N2O3. The van der Waals surface area contributed by atoms with Crippen LogP contribution in [0.3, 0.4) is 0 Å². The van der Waals surface area contributed by atoms with Crippen molar-refractivity contribution in [3.63, 3.8) is 0 Å². The molecule has 0 aromatic rings. The van der Waals surface area contributed by atoms with Gasteiger partial charge in [0.15, 0.2) is 0 Å². The van der Waals surface area contributed by atoms with Crippen LogP contribution < -0.4 is 0 Å². The molecule has 1 heterocycles. The zero-order valence-corrected chi connectivity index (χ0v) is 11.2. The van der Waals surface area contributed by atoms with Crippen LogP contribution in [0.25, 0.3) is 0 Å². The minimum Gasteiger partial charge on any atom is -0.480 e. The number of urea groups is 1. The third kappa shape index (κ3) is 3.01. The summed E-state index contributed by atoms with van der Waals surface area (Å²) in [6.45, 7) is 3.29. The molecule has 0 radical (unpaired) electrons. The summed E-state index contributed by atoms with van der Waals surface area (Å²) in [5.74, 6) is 2.10. The van der Waals surface area contributed by atoms with E-state index >= 15 is 0 Å². The molecule has 2 fully saturated rings. The quantitative estimate of drug-likeness (QED) is 0.777. The second-order valence-electron chi connectivity index (χ2n) is 5.55. The molecule has 0 aromatic heterocycles. The Kier molecular flexibility index (Phi) is 3.98. The maximum absolute atomic E-state index is 12.5. The fourth-order valence-electron chi connectivity index (χ4n) is 2.65. The molecule has 0 spiro atoms. The summed E-state index contributed by atoms with van der Waals surface area (Å²) in [6, 6.07) is -0.937. The number of aliphatic carboxylic acids is 1. The van der Waals surface area contributed by atoms with Gasteiger partial charge in [-0.3, -0.25) is 0 Å². The first-order chi connectivity index (χ1) is 9.04. The molecule has 5 heteroatoms. The Morgan fingerprint density at radius 2 is 2.11 bits per heavy atom. The average Bonchev–Trinajstić information content (AvgIpc) is 3.08. The summed E-state index contributed by atoms with van der Waals surface area (Å²) in [6.07, 6.45) is 8.30. The number of terminal acetylenes is 1. The SMILES string of the molecule is C#CCN(CC1CC1)C(=O)N1CCC(C)C1C(=O)O. The first-order valence-electron chi connectivity index (χ1n) is 6.76. The Morgan fingerprint density at radius 1 is 1.42 bits per heavy atom. The van der Waals surface area contributed by atoms with E-state index in [1.54, 1.807) is 4.90 Å². The number of carboxylic acid groups (broad SMARTS) is 1. The number of carbonyl (C=O) groups excluding carboxylic acids is 1. The lowest BCUT2D eigenvalue weighted by molar-refractivity contribution is -0.142. The first-order valence-corrected chi connectivity index (χ1v) is 6.76. The van der Waals surface area contributed by atoms with Crippen LogP contribution in [-0.4, -0.2) is 52.6 Å². The maximum atomic E-state index is 12.5. The highest BCUT2D eigenvalue weighted by atomic mass is 16.4. The van der Waals surface area contributed by atoms with Crippen LogP contribution in [0, 0.1) is 24.2 Å². The molecule has 1 saturated heterocycles. The Balaban J connectivity index is 2.07. The van der Waals surface area contributed by atoms with Crippen molar-refractivity contribution in [2.45, 2.75) is 32.2 Å². The van der Waals surface area contributed by atoms with Gasteiger partial charge in [0, 0.05) is 13.1 Å². The molecule has 2 amide bonds. The molecule has 0 aromatic carbocycles. The van der Waals surface area contributed by atoms with Crippen molar-refractivity contribution in [3.8, 4) is 12.3 Å². The summed E-state index contributed by atoms with van der Waals surface area (Å²) < 4.78 is 0. The van der Waals surface area contributed by atoms with Gasteiger partial charge in [-0.1, -0.05) is 12.8 Å². The molecule has 2 unspecified atom stereocenters. The van der Waals surface area contributed by atoms with E-state index in [1.165, 1.54) is 4.90 Å². The van der Waals surface area contributed by atoms with E-state index in [2.05, 4.69) is 5.92 Å². The lowest BCUT2D eigenvalue weighted by atomic mass is 10.0. The molecule has 1 aliphatic heterocycles. The van der Waals surface area contributed by atoms with Crippen LogP contribution in [0.5, 0.6) is 0 Å². The van der Waals surface area contributed by atoms with Crippen molar-refractivity contribution in [3.05, 3.63) is 0 Å². The second-order valence-corrected chi connectivity index (χ2v) is 5.55. The predicted molar refractivity (Wildman–Crippen MR) is 70.4 cm³/mol. The van der Waals surface area contributed by atoms with Gasteiger partial charge in [-0.05, 0) is 31.1 Å². The topological polar surface area (TPSA) is 60.9 Å². The van der Waals surface area contributed by atoms with Crippen molar-refractivity contribution in [1.82, 2.24) is 9.80 Å². The van der Waals surface area contributed by atoms with E-state index in [4.69, 9.17) is 6.42 Å². The van der Waals surface area contributed by atoms with Crippen LogP contribution in [0.2, 0.25) is 0 Å². The van der Waals surface area contributed by atoms with Crippen LogP contribution in [0.15, 0.2) is 0 Å². The molecule has 0 bridgehead atoms. The Labute approximate surface area is 113 Å². The number of amides is 2. The van der Waals surface area contributed by atoms with Crippen LogP contribution in [-0.2, 0) is 4.79 Å². The van der Waals surface area contributed by atoms with Gasteiger partial charge in [0.25, 0.3) is 0 Å². The minimum atomic E-state index is -0.926. The number of hydrogen-bond acceptors (Lipinski definition) is 2. The normalized spacial score (nSPS) is 26.0. The average molecular weight is 264 g/mol. The summed E-state index contributed by atoms with van der Waals surface area (Å²) in [4.78, 5) is 26.8. The molecule has 1 aliphatic carbocycles. The molecular weight excluding hydrogens is 244 g/mol. The predicted octanol–water partition coefficient (Wildman–Crippen LogP) is 1.25. The third-order valence-corrected chi connectivity index (χ3v) is 3.93. The van der Waals surface area contributed by atoms with Gasteiger partial charge in [0.2, 0.25) is 0 Å². The summed E-state index contributed by atoms with van der Waals surface area (Å²) in [5.41, 5.74) is 0. The fraction of sp³-hybridized carbons (Fsp3) is 0.714. The zero-order chi connectivity index (χ0) is 14.0. The van der Waals surface area contributed by atoms with E-state index in [0.717, 1.165) is 19.3 Å². The van der Waals surface area contributed by atoms with Crippen molar-refractivity contribution < 1.29 is 14.7 Å². The van der Waals surface area contributed by atoms with E-state index in [-0.39, 0.29) is 18.5 Å². The molecule has 2 aliphatic rings. The van der Waals surface area contributed by atoms with Gasteiger partial charge in [0.05, 0.1) is 6.54 Å². The largest absolute Gasteiger partial charge is 0.480 e. The maximum Gasteiger partial charge on any atom is 0.326 e. The molecule has 2 rings (SSSR count). The third-order valence-electron chi connectivity index (χ3n) is 3.93. The van der Waals surface area contributed by atoms with Crippen molar-refractivity contribution in [2.75, 3.05) is 19.6 Å². The number of nitrogens with zero attached hydrogens (tertiary/aromatic N) is 2. The van der Waals surface area contributed by atoms with Crippen LogP contribution in [0.1, 0.15) is 26.2 Å². The number of carboxylic acids is 1. The van der Waals surface area contributed by atoms with E-state index in [0.29, 0.717) is 19.0 Å². The minimum absolute atomic E-state index is 0.00457. The highest BCUT2D eigenvalue weighted by Crippen LogP contribution is 2.31. The van der Waals surface area contributed by atoms with Gasteiger partial charge >= 0.3 is 12.0 Å². The summed E-state index contributed by atoms with van der Waals surface area (Å²) in [7, 11) is 0. The smallest absolute Gasteiger partial charge is 0.326 e. The van der Waals surface area contributed by atoms with Crippen molar-refractivity contribution in [2.24, 2.45) is 11.8 Å². The second kappa shape index (κ2) is 5.52. The van der Waals surface area contributed by atoms with Gasteiger partial charge in [-0.25, -0.2) is 9.59 Å². The van der Waals surface area contributed by atoms with Gasteiger partial charge < -0.3 is 14.9 Å². The lowest BCUT2D eigenvalue weighted by Gasteiger charge is -2.30. The van der Waals surface area contributed by atoms with Gasteiger partial charge in [-0.2, -0.15) is 0 Å². The van der Waals surface area contributed by atoms with Crippen molar-refractivity contribution in [1.29, 1.82) is 0 Å². The van der Waals surface area contributed by atoms with Crippen molar-refractivity contribution >= 4 is 12.0 Å². The molecule has 2 atom stereocenters. The highest BCUT2D eigenvalue weighted by Gasteiger charge is 2.41. The Hall–Kier alpha value is -1.70. The van der Waals surface area contributed by atoms with Gasteiger partial charge in [0.1, 0.15) is 6.04 Å². The number of rotatable bonds is 4. The van der Waals surface area contributed by atoms with E-state index < -0.39 is 12.0 Å². The number of hydrogen-bond donors (Lipinski definition) is 1. The number of likely N-dealkylation sites (tertiary alicyclic amines) is 1. The summed E-state index contributed by atoms with van der Waals surface area (Å²) >= 11 is 0. The summed E-state index contributed by atoms with van der Waals surface area (Å²) in [5, 5.41) is 9.26. The Morgan fingerprint density at radius 3 is 2.63 bits per heavy atom. The lowest BCUT2D eigenvalue weighted by Crippen LogP contribution is -2.49. The van der Waals surface area contributed by atoms with E-state index in [1.807, 2.05) is 6.92 Å². The fourth-order valence-corrected chi connectivity index (χ4v) is 2.65. The van der Waals surface area contributed by atoms with Crippen LogP contribution >= 0.6 is 0 Å². The molecule has 19 heavy (non-hydrogen) atoms. The highest BCUT2D eigenvalue weighted by molar-refractivity contribution is 5.83.